The predicted octanol–water partition coefficient (Wildman–Crippen LogP) is 8.65. The van der Waals surface area contributed by atoms with Crippen LogP contribution in [-0.4, -0.2) is 18.1 Å². The third kappa shape index (κ3) is 6.36. The summed E-state index contributed by atoms with van der Waals surface area (Å²) in [6, 6.07) is 27.0. The van der Waals surface area contributed by atoms with Gasteiger partial charge in [-0.05, 0) is 101 Å². The maximum Gasteiger partial charge on any atom is 0.248 e. The van der Waals surface area contributed by atoms with E-state index in [0.717, 1.165) is 46.6 Å². The molecule has 0 fully saturated rings. The van der Waals surface area contributed by atoms with Gasteiger partial charge in [0.2, 0.25) is 5.91 Å². The van der Waals surface area contributed by atoms with E-state index in [0.29, 0.717) is 12.3 Å². The third-order valence-corrected chi connectivity index (χ3v) is 8.27. The normalized spacial score (nSPS) is 15.2. The summed E-state index contributed by atoms with van der Waals surface area (Å²) in [6.07, 6.45) is 5.51. The van der Waals surface area contributed by atoms with Crippen molar-refractivity contribution in [2.45, 2.75) is 58.0 Å². The molecular formula is C37H39NO4. The Bertz CT molecular complexity index is 1600. The van der Waals surface area contributed by atoms with Crippen molar-refractivity contribution in [3.05, 3.63) is 113 Å². The first kappa shape index (κ1) is 29.0. The molecule has 4 aromatic carbocycles. The number of carbonyl (C=O) groups is 1. The molecule has 4 aromatic rings. The van der Waals surface area contributed by atoms with Gasteiger partial charge in [-0.3, -0.25) is 4.79 Å². The molecule has 2 N–H and O–H groups in total. The maximum absolute atomic E-state index is 12.6. The van der Waals surface area contributed by atoms with E-state index in [1.165, 1.54) is 29.3 Å². The van der Waals surface area contributed by atoms with Gasteiger partial charge < -0.3 is 19.9 Å². The number of benzene rings is 4. The van der Waals surface area contributed by atoms with E-state index in [4.69, 9.17) is 9.47 Å². The second kappa shape index (κ2) is 11.8. The average Bonchev–Trinajstić information content (AvgIpc) is 2.98. The molecule has 0 aliphatic heterocycles. The van der Waals surface area contributed by atoms with Crippen LogP contribution in [0.5, 0.6) is 17.2 Å². The van der Waals surface area contributed by atoms with Gasteiger partial charge in [0.15, 0.2) is 0 Å². The zero-order chi connectivity index (χ0) is 29.9. The maximum atomic E-state index is 12.6. The fourth-order valence-corrected chi connectivity index (χ4v) is 5.60. The van der Waals surface area contributed by atoms with E-state index in [1.807, 2.05) is 36.4 Å². The van der Waals surface area contributed by atoms with Crippen molar-refractivity contribution in [2.75, 3.05) is 12.4 Å². The molecule has 0 atom stereocenters. The lowest BCUT2D eigenvalue weighted by atomic mass is 9.62. The van der Waals surface area contributed by atoms with Crippen LogP contribution in [0.1, 0.15) is 62.8 Å². The smallest absolute Gasteiger partial charge is 0.248 e. The molecule has 0 radical (unpaired) electrons. The van der Waals surface area contributed by atoms with Crippen molar-refractivity contribution in [3.63, 3.8) is 0 Å². The topological polar surface area (TPSA) is 67.8 Å². The minimum absolute atomic E-state index is 0.0224. The zero-order valence-electron chi connectivity index (χ0n) is 25.0. The highest BCUT2D eigenvalue weighted by molar-refractivity contribution is 6.02. The molecule has 42 heavy (non-hydrogen) atoms. The lowest BCUT2D eigenvalue weighted by Gasteiger charge is -2.42. The van der Waals surface area contributed by atoms with Crippen LogP contribution in [0.2, 0.25) is 0 Å². The van der Waals surface area contributed by atoms with Crippen molar-refractivity contribution >= 4 is 17.7 Å². The quantitative estimate of drug-likeness (QED) is 0.167. The largest absolute Gasteiger partial charge is 0.508 e. The highest BCUT2D eigenvalue weighted by Gasteiger charge is 2.38. The Morgan fingerprint density at radius 1 is 0.833 bits per heavy atom. The Kier molecular flexibility index (Phi) is 8.13. The highest BCUT2D eigenvalue weighted by atomic mass is 16.5. The summed E-state index contributed by atoms with van der Waals surface area (Å²) in [5, 5.41) is 12.3. The van der Waals surface area contributed by atoms with Gasteiger partial charge in [-0.2, -0.15) is 0 Å². The van der Waals surface area contributed by atoms with Crippen LogP contribution >= 0.6 is 0 Å². The fourth-order valence-electron chi connectivity index (χ4n) is 5.60. The monoisotopic (exact) mass is 561 g/mol. The van der Waals surface area contributed by atoms with Crippen molar-refractivity contribution in [2.24, 2.45) is 0 Å². The van der Waals surface area contributed by atoms with E-state index in [1.54, 1.807) is 25.3 Å². The van der Waals surface area contributed by atoms with Gasteiger partial charge in [-0.1, -0.05) is 64.1 Å². The number of hydrogen-bond acceptors (Lipinski definition) is 4. The Morgan fingerprint density at radius 2 is 1.48 bits per heavy atom. The van der Waals surface area contributed by atoms with Gasteiger partial charge in [0.1, 0.15) is 23.9 Å². The highest BCUT2D eigenvalue weighted by Crippen LogP contribution is 2.50. The van der Waals surface area contributed by atoms with Gasteiger partial charge in [0, 0.05) is 22.9 Å². The molecule has 1 aliphatic carbocycles. The van der Waals surface area contributed by atoms with Crippen molar-refractivity contribution in [1.29, 1.82) is 0 Å². The number of aromatic hydroxyl groups is 1. The summed E-state index contributed by atoms with van der Waals surface area (Å²) in [6.45, 7) is 9.72. The third-order valence-electron chi connectivity index (χ3n) is 8.27. The van der Waals surface area contributed by atoms with Gasteiger partial charge in [0.05, 0.1) is 7.11 Å². The molecule has 5 heteroatoms. The summed E-state index contributed by atoms with van der Waals surface area (Å²) in [7, 11) is 1.68. The summed E-state index contributed by atoms with van der Waals surface area (Å²) < 4.78 is 12.4. The van der Waals surface area contributed by atoms with E-state index < -0.39 is 0 Å². The van der Waals surface area contributed by atoms with Gasteiger partial charge in [-0.15, -0.1) is 0 Å². The molecule has 0 unspecified atom stereocenters. The lowest BCUT2D eigenvalue weighted by Crippen LogP contribution is -2.33. The number of methoxy groups -OCH3 is 1. The van der Waals surface area contributed by atoms with Gasteiger partial charge in [0.25, 0.3) is 0 Å². The summed E-state index contributed by atoms with van der Waals surface area (Å²) in [5.74, 6) is 1.43. The molecule has 0 aromatic heterocycles. The van der Waals surface area contributed by atoms with E-state index in [9.17, 15) is 9.90 Å². The Balaban J connectivity index is 1.55. The zero-order valence-corrected chi connectivity index (χ0v) is 25.0. The number of ether oxygens (including phenoxy) is 2. The predicted molar refractivity (Wildman–Crippen MR) is 170 cm³/mol. The lowest BCUT2D eigenvalue weighted by molar-refractivity contribution is -0.111. The summed E-state index contributed by atoms with van der Waals surface area (Å²) in [4.78, 5) is 12.6. The Hall–Kier alpha value is -4.51. The number of rotatable bonds is 8. The van der Waals surface area contributed by atoms with Crippen LogP contribution in [0, 0.1) is 0 Å². The molecule has 1 amide bonds. The van der Waals surface area contributed by atoms with Crippen molar-refractivity contribution < 1.29 is 19.4 Å². The molecule has 5 rings (SSSR count). The standard InChI is InChI=1S/C37H39NO4/c1-36(2)19-20-37(3,4)32-23-34(42-24-26-9-7-6-8-10-26)30(22-31(32)36)29-21-25(11-17-33(29)41-5)12-18-35(40)38-27-13-15-28(39)16-14-27/h6-18,21-23,39H,19-20,24H2,1-5H3,(H,38,40). The summed E-state index contributed by atoms with van der Waals surface area (Å²) in [5.41, 5.74) is 7.16. The van der Waals surface area contributed by atoms with Crippen LogP contribution in [-0.2, 0) is 22.2 Å². The number of anilines is 1. The van der Waals surface area contributed by atoms with E-state index in [2.05, 4.69) is 57.3 Å². The minimum atomic E-state index is -0.261. The van der Waals surface area contributed by atoms with Crippen LogP contribution in [0.3, 0.4) is 0 Å². The second-order valence-corrected chi connectivity index (χ2v) is 12.3. The van der Waals surface area contributed by atoms with Crippen LogP contribution in [0.4, 0.5) is 5.69 Å². The second-order valence-electron chi connectivity index (χ2n) is 12.3. The van der Waals surface area contributed by atoms with Crippen molar-refractivity contribution in [1.82, 2.24) is 0 Å². The molecule has 216 valence electrons. The number of carbonyl (C=O) groups excluding carboxylic acids is 1. The molecule has 5 nitrogen and oxygen atoms in total. The first-order valence-corrected chi connectivity index (χ1v) is 14.4. The van der Waals surface area contributed by atoms with E-state index in [-0.39, 0.29) is 22.5 Å². The Labute approximate surface area is 248 Å². The van der Waals surface area contributed by atoms with Crippen LogP contribution in [0.25, 0.3) is 17.2 Å². The molecule has 0 heterocycles. The summed E-state index contributed by atoms with van der Waals surface area (Å²) >= 11 is 0. The molecule has 0 spiro atoms. The molecule has 0 saturated carbocycles. The average molecular weight is 562 g/mol. The number of fused-ring (bicyclic) bond motifs is 1. The van der Waals surface area contributed by atoms with E-state index >= 15 is 0 Å². The SMILES string of the molecule is COc1ccc(C=CC(=O)Nc2ccc(O)cc2)cc1-c1cc2c(cc1OCc1ccccc1)C(C)(C)CCC2(C)C. The number of hydrogen-bond donors (Lipinski definition) is 2. The first-order chi connectivity index (χ1) is 20.1. The molecular weight excluding hydrogens is 522 g/mol. The fraction of sp³-hybridized carbons (Fsp3) is 0.270. The number of phenolic OH excluding ortho intramolecular Hbond substituents is 1. The van der Waals surface area contributed by atoms with Crippen LogP contribution in [0.15, 0.2) is 91.0 Å². The number of amides is 1. The number of phenols is 1. The van der Waals surface area contributed by atoms with Crippen LogP contribution < -0.4 is 14.8 Å². The molecule has 0 saturated heterocycles. The van der Waals surface area contributed by atoms with Gasteiger partial charge >= 0.3 is 0 Å². The first-order valence-electron chi connectivity index (χ1n) is 14.4. The minimum Gasteiger partial charge on any atom is -0.508 e. The number of nitrogens with one attached hydrogen (secondary N) is 1. The van der Waals surface area contributed by atoms with Crippen molar-refractivity contribution in [3.8, 4) is 28.4 Å². The molecule has 1 aliphatic rings. The molecule has 0 bridgehead atoms. The van der Waals surface area contributed by atoms with Gasteiger partial charge in [-0.25, -0.2) is 0 Å². The Morgan fingerprint density at radius 3 is 2.14 bits per heavy atom.